The van der Waals surface area contributed by atoms with Crippen molar-refractivity contribution in [3.63, 3.8) is 0 Å². The largest absolute Gasteiger partial charge is 0.330 e. The first kappa shape index (κ1) is 13.4. The third kappa shape index (κ3) is 2.68. The second-order valence-corrected chi connectivity index (χ2v) is 5.20. The van der Waals surface area contributed by atoms with Crippen molar-refractivity contribution in [1.82, 2.24) is 0 Å². The van der Waals surface area contributed by atoms with Crippen LogP contribution in [0, 0.1) is 6.92 Å². The number of benzene rings is 1. The molecule has 0 atom stereocenters. The number of unbranched alkanes of at least 4 members (excludes halogenated alkanes) is 1. The zero-order valence-electron chi connectivity index (χ0n) is 10.7. The van der Waals surface area contributed by atoms with Gasteiger partial charge in [0.15, 0.2) is 0 Å². The quantitative estimate of drug-likeness (QED) is 0.824. The third-order valence-electron chi connectivity index (χ3n) is 3.50. The van der Waals surface area contributed by atoms with Gasteiger partial charge in [-0.15, -0.1) is 0 Å². The Morgan fingerprint density at radius 2 is 2.17 bits per heavy atom. The van der Waals surface area contributed by atoms with Gasteiger partial charge in [0.05, 0.1) is 0 Å². The number of halogens is 1. The topological polar surface area (TPSA) is 55.1 Å². The van der Waals surface area contributed by atoms with E-state index in [0.717, 1.165) is 47.5 Å². The number of nitrogens with one attached hydrogen (secondary N) is 1. The number of rotatable bonds is 4. The Hall–Kier alpha value is -1.06. The Kier molecular flexibility index (Phi) is 4.25. The second kappa shape index (κ2) is 5.72. The van der Waals surface area contributed by atoms with Crippen molar-refractivity contribution in [3.8, 4) is 0 Å². The lowest BCUT2D eigenvalue weighted by molar-refractivity contribution is -0.116. The van der Waals surface area contributed by atoms with Gasteiger partial charge >= 0.3 is 0 Å². The molecule has 1 amide bonds. The molecule has 1 aromatic rings. The van der Waals surface area contributed by atoms with Gasteiger partial charge in [0.2, 0.25) is 5.91 Å². The fraction of sp³-hybridized carbons (Fsp3) is 0.500. The number of hydrogen-bond acceptors (Lipinski definition) is 2. The molecule has 1 aromatic carbocycles. The number of nitrogens with two attached hydrogens (primary N) is 1. The molecule has 0 spiro atoms. The van der Waals surface area contributed by atoms with Crippen molar-refractivity contribution in [3.05, 3.63) is 27.8 Å². The fourth-order valence-electron chi connectivity index (χ4n) is 2.42. The highest BCUT2D eigenvalue weighted by Gasteiger charge is 2.20. The van der Waals surface area contributed by atoms with Gasteiger partial charge < -0.3 is 11.1 Å². The van der Waals surface area contributed by atoms with Crippen LogP contribution in [0.1, 0.15) is 36.0 Å². The molecule has 0 radical (unpaired) electrons. The van der Waals surface area contributed by atoms with E-state index in [-0.39, 0.29) is 5.91 Å². The third-order valence-corrected chi connectivity index (χ3v) is 3.89. The van der Waals surface area contributed by atoms with Crippen molar-refractivity contribution in [2.24, 2.45) is 5.73 Å². The highest BCUT2D eigenvalue weighted by molar-refractivity contribution is 6.31. The van der Waals surface area contributed by atoms with Gasteiger partial charge in [0.1, 0.15) is 0 Å². The van der Waals surface area contributed by atoms with Crippen LogP contribution in [-0.4, -0.2) is 12.5 Å². The van der Waals surface area contributed by atoms with Crippen molar-refractivity contribution in [2.75, 3.05) is 11.9 Å². The molecule has 0 fully saturated rings. The molecule has 98 valence electrons. The van der Waals surface area contributed by atoms with Gasteiger partial charge in [-0.3, -0.25) is 4.79 Å². The number of carbonyl (C=O) groups is 1. The summed E-state index contributed by atoms with van der Waals surface area (Å²) in [5.74, 6) is 0.101. The highest BCUT2D eigenvalue weighted by atomic mass is 35.5. The molecule has 1 aliphatic rings. The number of carbonyl (C=O) groups excluding carboxylic acids is 1. The molecule has 3 N–H and O–H groups in total. The molecule has 0 aliphatic carbocycles. The van der Waals surface area contributed by atoms with Crippen LogP contribution in [0.4, 0.5) is 5.69 Å². The number of amides is 1. The Morgan fingerprint density at radius 1 is 1.39 bits per heavy atom. The summed E-state index contributed by atoms with van der Waals surface area (Å²) in [5, 5.41) is 3.79. The molecule has 0 unspecified atom stereocenters. The molecule has 0 aromatic heterocycles. The summed E-state index contributed by atoms with van der Waals surface area (Å²) in [5.41, 5.74) is 9.93. The predicted octanol–water partition coefficient (Wildman–Crippen LogP) is 2.81. The van der Waals surface area contributed by atoms with E-state index >= 15 is 0 Å². The molecule has 0 saturated heterocycles. The Balaban J connectivity index is 2.35. The van der Waals surface area contributed by atoms with Crippen LogP contribution in [0.2, 0.25) is 5.02 Å². The first-order chi connectivity index (χ1) is 8.63. The van der Waals surface area contributed by atoms with Gasteiger partial charge in [-0.05, 0) is 61.9 Å². The van der Waals surface area contributed by atoms with E-state index in [1.54, 1.807) is 0 Å². The van der Waals surface area contributed by atoms with E-state index in [1.807, 2.05) is 13.0 Å². The minimum atomic E-state index is 0.101. The average Bonchev–Trinajstić information content (AvgIpc) is 2.35. The number of anilines is 1. The van der Waals surface area contributed by atoms with E-state index in [1.165, 1.54) is 5.56 Å². The highest BCUT2D eigenvalue weighted by Crippen LogP contribution is 2.34. The van der Waals surface area contributed by atoms with E-state index in [0.29, 0.717) is 13.0 Å². The molecule has 4 heteroatoms. The molecular formula is C14H19ClN2O. The van der Waals surface area contributed by atoms with Gasteiger partial charge in [0, 0.05) is 17.1 Å². The Labute approximate surface area is 113 Å². The Bertz CT molecular complexity index is 471. The second-order valence-electron chi connectivity index (χ2n) is 4.79. The van der Waals surface area contributed by atoms with Crippen LogP contribution in [0.3, 0.4) is 0 Å². The molecule has 1 heterocycles. The van der Waals surface area contributed by atoms with Gasteiger partial charge in [-0.25, -0.2) is 0 Å². The van der Waals surface area contributed by atoms with Gasteiger partial charge in [-0.1, -0.05) is 11.6 Å². The SMILES string of the molecule is Cc1c(Cl)cc2c(c1CCCCN)NC(=O)CC2. The van der Waals surface area contributed by atoms with Crippen LogP contribution in [0.15, 0.2) is 6.07 Å². The maximum Gasteiger partial charge on any atom is 0.224 e. The summed E-state index contributed by atoms with van der Waals surface area (Å²) in [6.45, 7) is 2.72. The maximum absolute atomic E-state index is 11.5. The molecule has 0 bridgehead atoms. The van der Waals surface area contributed by atoms with Crippen LogP contribution in [0.25, 0.3) is 0 Å². The first-order valence-electron chi connectivity index (χ1n) is 6.44. The monoisotopic (exact) mass is 266 g/mol. The van der Waals surface area contributed by atoms with E-state index < -0.39 is 0 Å². The summed E-state index contributed by atoms with van der Waals surface area (Å²) in [6.07, 6.45) is 4.28. The predicted molar refractivity (Wildman–Crippen MR) is 75.1 cm³/mol. The lowest BCUT2D eigenvalue weighted by Crippen LogP contribution is -2.21. The molecule has 2 rings (SSSR count). The minimum absolute atomic E-state index is 0.101. The van der Waals surface area contributed by atoms with E-state index in [2.05, 4.69) is 5.32 Å². The molecule has 18 heavy (non-hydrogen) atoms. The molecule has 0 saturated carbocycles. The van der Waals surface area contributed by atoms with Gasteiger partial charge in [0.25, 0.3) is 0 Å². The van der Waals surface area contributed by atoms with Crippen molar-refractivity contribution >= 4 is 23.2 Å². The lowest BCUT2D eigenvalue weighted by Gasteiger charge is -2.23. The summed E-state index contributed by atoms with van der Waals surface area (Å²) in [4.78, 5) is 11.5. The van der Waals surface area contributed by atoms with Crippen LogP contribution >= 0.6 is 11.6 Å². The lowest BCUT2D eigenvalue weighted by atomic mass is 9.92. The smallest absolute Gasteiger partial charge is 0.224 e. The van der Waals surface area contributed by atoms with Crippen LogP contribution in [-0.2, 0) is 17.6 Å². The normalized spacial score (nSPS) is 14.3. The minimum Gasteiger partial charge on any atom is -0.330 e. The van der Waals surface area contributed by atoms with Crippen molar-refractivity contribution in [2.45, 2.75) is 39.0 Å². The summed E-state index contributed by atoms with van der Waals surface area (Å²) >= 11 is 6.26. The maximum atomic E-state index is 11.5. The van der Waals surface area contributed by atoms with Crippen molar-refractivity contribution in [1.29, 1.82) is 0 Å². The summed E-state index contributed by atoms with van der Waals surface area (Å²) in [6, 6.07) is 1.98. The Morgan fingerprint density at radius 3 is 2.89 bits per heavy atom. The van der Waals surface area contributed by atoms with Crippen LogP contribution in [0.5, 0.6) is 0 Å². The first-order valence-corrected chi connectivity index (χ1v) is 6.82. The zero-order valence-corrected chi connectivity index (χ0v) is 11.4. The molecule has 1 aliphatic heterocycles. The standard InChI is InChI=1S/C14H19ClN2O/c1-9-11(4-2-3-7-16)14-10(8-12(9)15)5-6-13(18)17-14/h8H,2-7,16H2,1H3,(H,17,18). The fourth-order valence-corrected chi connectivity index (χ4v) is 2.67. The summed E-state index contributed by atoms with van der Waals surface area (Å²) in [7, 11) is 0. The zero-order chi connectivity index (χ0) is 13.1. The van der Waals surface area contributed by atoms with E-state index in [9.17, 15) is 4.79 Å². The molecule has 3 nitrogen and oxygen atoms in total. The average molecular weight is 267 g/mol. The summed E-state index contributed by atoms with van der Waals surface area (Å²) < 4.78 is 0. The van der Waals surface area contributed by atoms with Crippen LogP contribution < -0.4 is 11.1 Å². The van der Waals surface area contributed by atoms with Gasteiger partial charge in [-0.2, -0.15) is 0 Å². The molecular weight excluding hydrogens is 248 g/mol. The van der Waals surface area contributed by atoms with E-state index in [4.69, 9.17) is 17.3 Å². The van der Waals surface area contributed by atoms with Crippen molar-refractivity contribution < 1.29 is 4.79 Å². The number of fused-ring (bicyclic) bond motifs is 1. The number of aryl methyl sites for hydroxylation is 1. The number of hydrogen-bond donors (Lipinski definition) is 2.